The summed E-state index contributed by atoms with van der Waals surface area (Å²) < 4.78 is 0. The van der Waals surface area contributed by atoms with Gasteiger partial charge in [0.1, 0.15) is 0 Å². The second kappa shape index (κ2) is 2.17. The van der Waals surface area contributed by atoms with Crippen LogP contribution >= 0.6 is 7.28 Å². The molecule has 0 fully saturated rings. The van der Waals surface area contributed by atoms with Crippen LogP contribution in [0.3, 0.4) is 0 Å². The van der Waals surface area contributed by atoms with E-state index in [4.69, 9.17) is 14.7 Å². The third-order valence-electron chi connectivity index (χ3n) is 1.66. The van der Waals surface area contributed by atoms with Crippen LogP contribution < -0.4 is 0 Å². The van der Waals surface area contributed by atoms with E-state index in [1.165, 1.54) is 0 Å². The van der Waals surface area contributed by atoms with Crippen molar-refractivity contribution in [1.29, 1.82) is 0 Å². The molecule has 0 atom stereocenters. The standard InChI is InChI=1S/C5H15O3P/c1-4-9(6,7,8)5(2)3/h5-8H,4H2,1-3H3. The molecule has 58 valence electrons. The average Bonchev–Trinajstić information content (AvgIpc) is 1.66. The summed E-state index contributed by atoms with van der Waals surface area (Å²) in [4.78, 5) is 27.3. The van der Waals surface area contributed by atoms with Crippen molar-refractivity contribution in [2.75, 3.05) is 6.16 Å². The van der Waals surface area contributed by atoms with Crippen LogP contribution in [0.2, 0.25) is 0 Å². The maximum atomic E-state index is 9.11. The van der Waals surface area contributed by atoms with E-state index in [0.29, 0.717) is 0 Å². The predicted octanol–water partition coefficient (Wildman–Crippen LogP) is 0.690. The molecular formula is C5H15O3P. The van der Waals surface area contributed by atoms with Gasteiger partial charge in [-0.15, -0.1) is 0 Å². The Morgan fingerprint density at radius 2 is 1.56 bits per heavy atom. The summed E-state index contributed by atoms with van der Waals surface area (Å²) in [6.07, 6.45) is 0.0449. The fraction of sp³-hybridized carbons (Fsp3) is 1.00. The van der Waals surface area contributed by atoms with Crippen molar-refractivity contribution in [1.82, 2.24) is 0 Å². The van der Waals surface area contributed by atoms with Crippen LogP contribution in [0.1, 0.15) is 20.8 Å². The van der Waals surface area contributed by atoms with E-state index in [9.17, 15) is 0 Å². The van der Waals surface area contributed by atoms with Crippen molar-refractivity contribution in [2.45, 2.75) is 26.4 Å². The van der Waals surface area contributed by atoms with Crippen molar-refractivity contribution >= 4 is 7.28 Å². The Morgan fingerprint density at radius 1 is 1.22 bits per heavy atom. The van der Waals surface area contributed by atoms with Crippen LogP contribution in [0.25, 0.3) is 0 Å². The quantitative estimate of drug-likeness (QED) is 0.513. The van der Waals surface area contributed by atoms with E-state index in [1.807, 2.05) is 0 Å². The molecule has 0 aromatic carbocycles. The molecule has 0 unspecified atom stereocenters. The van der Waals surface area contributed by atoms with Crippen molar-refractivity contribution in [3.63, 3.8) is 0 Å². The van der Waals surface area contributed by atoms with Gasteiger partial charge in [0.05, 0.1) is 0 Å². The summed E-state index contributed by atoms with van der Waals surface area (Å²) in [5, 5.41) is 0. The Morgan fingerprint density at radius 3 is 1.56 bits per heavy atom. The van der Waals surface area contributed by atoms with E-state index in [2.05, 4.69) is 0 Å². The van der Waals surface area contributed by atoms with E-state index in [-0.39, 0.29) is 6.16 Å². The molecule has 9 heavy (non-hydrogen) atoms. The second-order valence-corrected chi connectivity index (χ2v) is 6.74. The summed E-state index contributed by atoms with van der Waals surface area (Å²) in [5.41, 5.74) is -0.444. The van der Waals surface area contributed by atoms with Crippen molar-refractivity contribution in [3.05, 3.63) is 0 Å². The molecule has 3 nitrogen and oxygen atoms in total. The zero-order valence-corrected chi connectivity index (χ0v) is 6.97. The van der Waals surface area contributed by atoms with Crippen molar-refractivity contribution < 1.29 is 14.7 Å². The van der Waals surface area contributed by atoms with Gasteiger partial charge in [0.2, 0.25) is 0 Å². The molecule has 0 radical (unpaired) electrons. The molecule has 0 saturated heterocycles. The second-order valence-electron chi connectivity index (χ2n) is 2.63. The van der Waals surface area contributed by atoms with Crippen LogP contribution in [0, 0.1) is 0 Å². The van der Waals surface area contributed by atoms with Gasteiger partial charge >= 0.3 is 54.6 Å². The Labute approximate surface area is 55.5 Å². The minimum absolute atomic E-state index is 0.0449. The van der Waals surface area contributed by atoms with Crippen LogP contribution in [0.5, 0.6) is 0 Å². The first-order chi connectivity index (χ1) is 3.78. The molecule has 0 aliphatic rings. The van der Waals surface area contributed by atoms with Crippen LogP contribution in [0.4, 0.5) is 0 Å². The summed E-state index contributed by atoms with van der Waals surface area (Å²) in [6, 6.07) is 0. The Balaban J connectivity index is 4.30. The fourth-order valence-corrected chi connectivity index (χ4v) is 1.10. The van der Waals surface area contributed by atoms with Gasteiger partial charge in [0.15, 0.2) is 0 Å². The van der Waals surface area contributed by atoms with Crippen molar-refractivity contribution in [3.8, 4) is 0 Å². The first-order valence-corrected chi connectivity index (χ1v) is 5.39. The molecule has 0 rings (SSSR count). The molecule has 3 N–H and O–H groups in total. The van der Waals surface area contributed by atoms with Gasteiger partial charge in [0.25, 0.3) is 0 Å². The van der Waals surface area contributed by atoms with Crippen LogP contribution in [-0.4, -0.2) is 26.5 Å². The molecule has 0 amide bonds. The average molecular weight is 154 g/mol. The first kappa shape index (κ1) is 9.31. The first-order valence-electron chi connectivity index (χ1n) is 3.04. The van der Waals surface area contributed by atoms with Gasteiger partial charge in [-0.05, 0) is 0 Å². The summed E-state index contributed by atoms with van der Waals surface area (Å²) in [7, 11) is -4.21. The number of rotatable bonds is 2. The summed E-state index contributed by atoms with van der Waals surface area (Å²) in [5.74, 6) is 0. The van der Waals surface area contributed by atoms with E-state index in [0.717, 1.165) is 0 Å². The zero-order valence-electron chi connectivity index (χ0n) is 6.07. The summed E-state index contributed by atoms with van der Waals surface area (Å²) >= 11 is 0. The van der Waals surface area contributed by atoms with E-state index in [1.54, 1.807) is 20.8 Å². The maximum absolute atomic E-state index is 9.11. The van der Waals surface area contributed by atoms with Gasteiger partial charge < -0.3 is 0 Å². The van der Waals surface area contributed by atoms with Crippen LogP contribution in [0.15, 0.2) is 0 Å². The Kier molecular flexibility index (Phi) is 2.24. The minimum atomic E-state index is -4.21. The summed E-state index contributed by atoms with van der Waals surface area (Å²) in [6.45, 7) is 4.76. The normalized spacial score (nSPS) is 17.4. The molecule has 0 saturated carbocycles. The van der Waals surface area contributed by atoms with Crippen molar-refractivity contribution in [2.24, 2.45) is 0 Å². The SMILES string of the molecule is CCP(O)(O)(O)C(C)C. The Bertz CT molecular complexity index is 103. The van der Waals surface area contributed by atoms with Gasteiger partial charge in [-0.1, -0.05) is 0 Å². The Hall–Kier alpha value is 0.310. The third-order valence-corrected chi connectivity index (χ3v) is 4.99. The molecule has 0 aromatic rings. The van der Waals surface area contributed by atoms with Gasteiger partial charge in [-0.25, -0.2) is 0 Å². The molecule has 0 aromatic heterocycles. The molecule has 4 heteroatoms. The number of hydrogen-bond donors (Lipinski definition) is 3. The van der Waals surface area contributed by atoms with Gasteiger partial charge in [0, 0.05) is 0 Å². The zero-order chi connectivity index (χ0) is 7.73. The molecule has 0 aliphatic heterocycles. The van der Waals surface area contributed by atoms with Gasteiger partial charge in [-0.2, -0.15) is 0 Å². The monoisotopic (exact) mass is 154 g/mol. The fourth-order valence-electron chi connectivity index (χ4n) is 0.365. The van der Waals surface area contributed by atoms with E-state index < -0.39 is 12.9 Å². The van der Waals surface area contributed by atoms with E-state index >= 15 is 0 Å². The van der Waals surface area contributed by atoms with Gasteiger partial charge in [-0.3, -0.25) is 0 Å². The topological polar surface area (TPSA) is 60.7 Å². The molecule has 0 spiro atoms. The van der Waals surface area contributed by atoms with Crippen LogP contribution in [-0.2, 0) is 0 Å². The molecular weight excluding hydrogens is 139 g/mol. The predicted molar refractivity (Wildman–Crippen MR) is 39.3 cm³/mol. The third kappa shape index (κ3) is 2.18. The molecule has 0 aliphatic carbocycles. The molecule has 0 bridgehead atoms. The molecule has 0 heterocycles. The number of hydrogen-bond acceptors (Lipinski definition) is 3.